The van der Waals surface area contributed by atoms with E-state index in [1.807, 2.05) is 13.0 Å². The maximum atomic E-state index is 13.0. The second-order valence-electron chi connectivity index (χ2n) is 5.38. The van der Waals surface area contributed by atoms with Gasteiger partial charge in [-0.1, -0.05) is 25.3 Å². The van der Waals surface area contributed by atoms with Crippen molar-refractivity contribution in [3.8, 4) is 0 Å². The number of benzene rings is 1. The Balaban J connectivity index is 1.61. The van der Waals surface area contributed by atoms with Crippen molar-refractivity contribution in [2.75, 3.05) is 13.2 Å². The highest BCUT2D eigenvalue weighted by Gasteiger charge is 2.12. The van der Waals surface area contributed by atoms with Crippen LogP contribution >= 0.6 is 0 Å². The smallest absolute Gasteiger partial charge is 0.123 e. The molecule has 1 N–H and O–H groups in total. The topological polar surface area (TPSA) is 21.3 Å². The molecule has 0 atom stereocenters. The lowest BCUT2D eigenvalue weighted by Gasteiger charge is -2.22. The number of aryl methyl sites for hydroxylation is 1. The third-order valence-electron chi connectivity index (χ3n) is 3.80. The predicted molar refractivity (Wildman–Crippen MR) is 75.7 cm³/mol. The lowest BCUT2D eigenvalue weighted by molar-refractivity contribution is 0.0302. The summed E-state index contributed by atoms with van der Waals surface area (Å²) in [6.45, 7) is 4.34. The SMILES string of the molecule is Cc1cc(F)ccc1CNCCOC1CCCCC1. The van der Waals surface area contributed by atoms with Gasteiger partial charge < -0.3 is 10.1 Å². The van der Waals surface area contributed by atoms with Gasteiger partial charge in [0.1, 0.15) is 5.82 Å². The molecule has 2 nitrogen and oxygen atoms in total. The van der Waals surface area contributed by atoms with Crippen LogP contribution in [0.2, 0.25) is 0 Å². The lowest BCUT2D eigenvalue weighted by atomic mass is 9.98. The second-order valence-corrected chi connectivity index (χ2v) is 5.38. The van der Waals surface area contributed by atoms with E-state index in [9.17, 15) is 4.39 Å². The van der Waals surface area contributed by atoms with Crippen molar-refractivity contribution in [3.63, 3.8) is 0 Å². The normalized spacial score (nSPS) is 16.7. The number of halogens is 1. The van der Waals surface area contributed by atoms with Gasteiger partial charge >= 0.3 is 0 Å². The Hall–Kier alpha value is -0.930. The molecule has 1 fully saturated rings. The predicted octanol–water partition coefficient (Wildman–Crippen LogP) is 3.57. The first-order chi connectivity index (χ1) is 9.25. The highest BCUT2D eigenvalue weighted by Crippen LogP contribution is 2.19. The monoisotopic (exact) mass is 265 g/mol. The van der Waals surface area contributed by atoms with Crippen molar-refractivity contribution in [1.82, 2.24) is 5.32 Å². The van der Waals surface area contributed by atoms with Crippen molar-refractivity contribution in [1.29, 1.82) is 0 Å². The number of nitrogens with one attached hydrogen (secondary N) is 1. The van der Waals surface area contributed by atoms with Crippen molar-refractivity contribution >= 4 is 0 Å². The van der Waals surface area contributed by atoms with Gasteiger partial charge in [-0.25, -0.2) is 4.39 Å². The molecule has 106 valence electrons. The van der Waals surface area contributed by atoms with Crippen LogP contribution in [0.15, 0.2) is 18.2 Å². The maximum absolute atomic E-state index is 13.0. The van der Waals surface area contributed by atoms with Crippen LogP contribution in [0.25, 0.3) is 0 Å². The van der Waals surface area contributed by atoms with Gasteiger partial charge in [-0.2, -0.15) is 0 Å². The molecule has 0 bridgehead atoms. The molecule has 0 spiro atoms. The van der Waals surface area contributed by atoms with Gasteiger partial charge in [-0.15, -0.1) is 0 Å². The zero-order valence-electron chi connectivity index (χ0n) is 11.8. The molecule has 19 heavy (non-hydrogen) atoms. The summed E-state index contributed by atoms with van der Waals surface area (Å²) >= 11 is 0. The van der Waals surface area contributed by atoms with E-state index in [2.05, 4.69) is 5.32 Å². The first kappa shape index (κ1) is 14.5. The fourth-order valence-corrected chi connectivity index (χ4v) is 2.61. The van der Waals surface area contributed by atoms with E-state index in [4.69, 9.17) is 4.74 Å². The summed E-state index contributed by atoms with van der Waals surface area (Å²) in [5.74, 6) is -0.165. The molecule has 0 saturated heterocycles. The van der Waals surface area contributed by atoms with Crippen molar-refractivity contribution in [2.45, 2.75) is 51.7 Å². The van der Waals surface area contributed by atoms with Crippen LogP contribution in [0, 0.1) is 12.7 Å². The summed E-state index contributed by atoms with van der Waals surface area (Å²) in [6.07, 6.45) is 6.90. The van der Waals surface area contributed by atoms with Crippen molar-refractivity contribution < 1.29 is 9.13 Å². The zero-order chi connectivity index (χ0) is 13.5. The van der Waals surface area contributed by atoms with Crippen LogP contribution in [0.1, 0.15) is 43.2 Å². The minimum absolute atomic E-state index is 0.165. The van der Waals surface area contributed by atoms with Gasteiger partial charge in [0.2, 0.25) is 0 Å². The van der Waals surface area contributed by atoms with Crippen molar-refractivity contribution in [3.05, 3.63) is 35.1 Å². The molecule has 0 radical (unpaired) electrons. The van der Waals surface area contributed by atoms with E-state index in [1.165, 1.54) is 38.2 Å². The third-order valence-corrected chi connectivity index (χ3v) is 3.80. The Kier molecular flexibility index (Phi) is 5.80. The van der Waals surface area contributed by atoms with E-state index < -0.39 is 0 Å². The Bertz CT molecular complexity index is 388. The van der Waals surface area contributed by atoms with Crippen LogP contribution in [-0.2, 0) is 11.3 Å². The molecule has 1 aliphatic rings. The van der Waals surface area contributed by atoms with Gasteiger partial charge in [-0.3, -0.25) is 0 Å². The number of ether oxygens (including phenoxy) is 1. The van der Waals surface area contributed by atoms with Gasteiger partial charge in [0, 0.05) is 13.1 Å². The second kappa shape index (κ2) is 7.61. The number of rotatable bonds is 6. The summed E-state index contributed by atoms with van der Waals surface area (Å²) in [4.78, 5) is 0. The molecular weight excluding hydrogens is 241 g/mol. The van der Waals surface area contributed by atoms with Crippen molar-refractivity contribution in [2.24, 2.45) is 0 Å². The Morgan fingerprint density at radius 2 is 2.05 bits per heavy atom. The van der Waals surface area contributed by atoms with E-state index in [1.54, 1.807) is 6.07 Å². The molecule has 1 aliphatic carbocycles. The zero-order valence-corrected chi connectivity index (χ0v) is 11.8. The first-order valence-corrected chi connectivity index (χ1v) is 7.33. The standard InChI is InChI=1S/C16H24FNO/c1-13-11-15(17)8-7-14(13)12-18-9-10-19-16-5-3-2-4-6-16/h7-8,11,16,18H,2-6,9-10,12H2,1H3. The van der Waals surface area contributed by atoms with E-state index >= 15 is 0 Å². The van der Waals surface area contributed by atoms with Gasteiger partial charge in [0.05, 0.1) is 12.7 Å². The Labute approximate surface area is 115 Å². The van der Waals surface area contributed by atoms with Gasteiger partial charge in [0.15, 0.2) is 0 Å². The van der Waals surface area contributed by atoms with Gasteiger partial charge in [0.25, 0.3) is 0 Å². The molecule has 1 aromatic rings. The molecule has 0 unspecified atom stereocenters. The molecule has 1 aromatic carbocycles. The highest BCUT2D eigenvalue weighted by atomic mass is 19.1. The summed E-state index contributed by atoms with van der Waals surface area (Å²) in [6, 6.07) is 4.94. The van der Waals surface area contributed by atoms with E-state index in [0.717, 1.165) is 30.8 Å². The van der Waals surface area contributed by atoms with E-state index in [0.29, 0.717) is 6.10 Å². The molecule has 2 rings (SSSR count). The summed E-state index contributed by atoms with van der Waals surface area (Å²) in [5.41, 5.74) is 2.15. The van der Waals surface area contributed by atoms with Crippen LogP contribution in [-0.4, -0.2) is 19.3 Å². The summed E-state index contributed by atoms with van der Waals surface area (Å²) in [7, 11) is 0. The maximum Gasteiger partial charge on any atom is 0.123 e. The quantitative estimate of drug-likeness (QED) is 0.794. The molecule has 1 saturated carbocycles. The fourth-order valence-electron chi connectivity index (χ4n) is 2.61. The highest BCUT2D eigenvalue weighted by molar-refractivity contribution is 5.26. The molecule has 0 aromatic heterocycles. The lowest BCUT2D eigenvalue weighted by Crippen LogP contribution is -2.24. The Morgan fingerprint density at radius 3 is 2.79 bits per heavy atom. The number of hydrogen-bond donors (Lipinski definition) is 1. The number of hydrogen-bond acceptors (Lipinski definition) is 2. The average Bonchev–Trinajstić information content (AvgIpc) is 2.42. The molecule has 0 aliphatic heterocycles. The Morgan fingerprint density at radius 1 is 1.26 bits per heavy atom. The molecule has 3 heteroatoms. The minimum atomic E-state index is -0.165. The largest absolute Gasteiger partial charge is 0.377 e. The minimum Gasteiger partial charge on any atom is -0.377 e. The van der Waals surface area contributed by atoms with Crippen LogP contribution in [0.5, 0.6) is 0 Å². The molecular formula is C16H24FNO. The molecule has 0 amide bonds. The van der Waals surface area contributed by atoms with Gasteiger partial charge in [-0.05, 0) is 43.0 Å². The third kappa shape index (κ3) is 4.92. The fraction of sp³-hybridized carbons (Fsp3) is 0.625. The van der Waals surface area contributed by atoms with Crippen LogP contribution in [0.4, 0.5) is 4.39 Å². The summed E-state index contributed by atoms with van der Waals surface area (Å²) in [5, 5.41) is 3.35. The van der Waals surface area contributed by atoms with Crippen LogP contribution < -0.4 is 5.32 Å². The molecule has 0 heterocycles. The van der Waals surface area contributed by atoms with E-state index in [-0.39, 0.29) is 5.82 Å². The first-order valence-electron chi connectivity index (χ1n) is 7.33. The summed E-state index contributed by atoms with van der Waals surface area (Å²) < 4.78 is 18.8. The average molecular weight is 265 g/mol. The van der Waals surface area contributed by atoms with Crippen LogP contribution in [0.3, 0.4) is 0 Å².